The first-order valence-corrected chi connectivity index (χ1v) is 9.94. The summed E-state index contributed by atoms with van der Waals surface area (Å²) in [7, 11) is 0. The van der Waals surface area contributed by atoms with Gasteiger partial charge in [-0.1, -0.05) is 25.1 Å². The van der Waals surface area contributed by atoms with E-state index >= 15 is 0 Å². The van der Waals surface area contributed by atoms with Crippen LogP contribution in [0.15, 0.2) is 53.7 Å². The van der Waals surface area contributed by atoms with Crippen molar-refractivity contribution in [1.29, 1.82) is 5.26 Å². The molecular formula is C23H27N3O2. The molecule has 1 aromatic heterocycles. The Morgan fingerprint density at radius 3 is 2.71 bits per heavy atom. The van der Waals surface area contributed by atoms with Gasteiger partial charge in [-0.15, -0.1) is 4.99 Å². The zero-order valence-electron chi connectivity index (χ0n) is 16.5. The van der Waals surface area contributed by atoms with Gasteiger partial charge in [-0.3, -0.25) is 4.98 Å². The number of aromatic nitrogens is 1. The van der Waals surface area contributed by atoms with Gasteiger partial charge < -0.3 is 9.47 Å². The number of nitrogens with zero attached hydrogens (tertiary/aromatic N) is 3. The van der Waals surface area contributed by atoms with Crippen LogP contribution >= 0.6 is 0 Å². The van der Waals surface area contributed by atoms with Gasteiger partial charge in [0.25, 0.3) is 0 Å². The molecule has 0 saturated heterocycles. The number of aryl methyl sites for hydroxylation is 1. The van der Waals surface area contributed by atoms with Crippen molar-refractivity contribution in [2.75, 3.05) is 0 Å². The molecule has 1 heterocycles. The van der Waals surface area contributed by atoms with Crippen molar-refractivity contribution in [3.63, 3.8) is 0 Å². The number of nitriles is 1. The van der Waals surface area contributed by atoms with E-state index in [1.807, 2.05) is 55.6 Å². The Labute approximate surface area is 167 Å². The van der Waals surface area contributed by atoms with Gasteiger partial charge in [0, 0.05) is 23.9 Å². The van der Waals surface area contributed by atoms with Crippen LogP contribution in [-0.2, 0) is 0 Å². The average molecular weight is 377 g/mol. The largest absolute Gasteiger partial charge is 0.490 e. The van der Waals surface area contributed by atoms with Crippen molar-refractivity contribution in [3.05, 3.63) is 54.4 Å². The molecule has 28 heavy (non-hydrogen) atoms. The van der Waals surface area contributed by atoms with Gasteiger partial charge in [0.15, 0.2) is 0 Å². The van der Waals surface area contributed by atoms with Gasteiger partial charge in [-0.25, -0.2) is 0 Å². The Bertz CT molecular complexity index is 829. The standard InChI is InChI=1S/C23H27N3O2/c1-17-15-22(13-14-25-17)27-21-10-6-7-19(11-12-21)18(2)23(26-16-24)28-20-8-4-3-5-9-20/h3-5,8-9,13-15,18-19,21H,6-7,10-12H2,1-2H3. The lowest BCUT2D eigenvalue weighted by atomic mass is 9.87. The number of ether oxygens (including phenoxy) is 2. The molecule has 1 aliphatic rings. The molecule has 5 heteroatoms. The van der Waals surface area contributed by atoms with E-state index in [-0.39, 0.29) is 12.0 Å². The monoisotopic (exact) mass is 377 g/mol. The van der Waals surface area contributed by atoms with E-state index in [9.17, 15) is 0 Å². The van der Waals surface area contributed by atoms with Crippen molar-refractivity contribution < 1.29 is 9.47 Å². The van der Waals surface area contributed by atoms with Crippen LogP contribution in [0.3, 0.4) is 0 Å². The summed E-state index contributed by atoms with van der Waals surface area (Å²) in [6, 6.07) is 13.4. The Morgan fingerprint density at radius 2 is 1.96 bits per heavy atom. The van der Waals surface area contributed by atoms with Crippen molar-refractivity contribution in [2.45, 2.75) is 52.1 Å². The van der Waals surface area contributed by atoms with Crippen LogP contribution in [-0.4, -0.2) is 17.0 Å². The fraction of sp³-hybridized carbons (Fsp3) is 0.435. The van der Waals surface area contributed by atoms with Gasteiger partial charge >= 0.3 is 0 Å². The highest BCUT2D eigenvalue weighted by Crippen LogP contribution is 2.32. The third-order valence-corrected chi connectivity index (χ3v) is 5.35. The fourth-order valence-electron chi connectivity index (χ4n) is 3.78. The number of benzene rings is 1. The average Bonchev–Trinajstić information content (AvgIpc) is 2.93. The van der Waals surface area contributed by atoms with Crippen molar-refractivity contribution in [3.8, 4) is 17.7 Å². The number of para-hydroxylation sites is 1. The summed E-state index contributed by atoms with van der Waals surface area (Å²) in [5.74, 6) is 2.61. The predicted molar refractivity (Wildman–Crippen MR) is 109 cm³/mol. The quantitative estimate of drug-likeness (QED) is 0.306. The molecule has 1 fully saturated rings. The highest BCUT2D eigenvalue weighted by atomic mass is 16.5. The van der Waals surface area contributed by atoms with E-state index in [1.54, 1.807) is 6.20 Å². The van der Waals surface area contributed by atoms with Crippen molar-refractivity contribution in [2.24, 2.45) is 16.8 Å². The van der Waals surface area contributed by atoms with Crippen molar-refractivity contribution >= 4 is 5.90 Å². The summed E-state index contributed by atoms with van der Waals surface area (Å²) in [5, 5.41) is 9.10. The second kappa shape index (κ2) is 9.89. The van der Waals surface area contributed by atoms with E-state index in [0.29, 0.717) is 17.6 Å². The maximum Gasteiger partial charge on any atom is 0.208 e. The zero-order chi connectivity index (χ0) is 19.8. The first-order chi connectivity index (χ1) is 13.7. The van der Waals surface area contributed by atoms with E-state index in [4.69, 9.17) is 14.7 Å². The molecule has 1 saturated carbocycles. The zero-order valence-corrected chi connectivity index (χ0v) is 16.5. The van der Waals surface area contributed by atoms with E-state index in [0.717, 1.165) is 43.5 Å². The summed E-state index contributed by atoms with van der Waals surface area (Å²) in [6.45, 7) is 4.08. The normalized spacial score (nSPS) is 21.2. The molecule has 0 amide bonds. The molecule has 3 unspecified atom stereocenters. The first-order valence-electron chi connectivity index (χ1n) is 9.94. The lowest BCUT2D eigenvalue weighted by molar-refractivity contribution is 0.180. The second-order valence-corrected chi connectivity index (χ2v) is 7.39. The Hall–Kier alpha value is -2.87. The molecule has 3 atom stereocenters. The summed E-state index contributed by atoms with van der Waals surface area (Å²) in [6.07, 6.45) is 9.13. The number of hydrogen-bond donors (Lipinski definition) is 0. The molecule has 1 aromatic carbocycles. The summed E-state index contributed by atoms with van der Waals surface area (Å²) in [4.78, 5) is 8.21. The van der Waals surface area contributed by atoms with Crippen LogP contribution in [0.1, 0.15) is 44.7 Å². The van der Waals surface area contributed by atoms with Crippen LogP contribution in [0.2, 0.25) is 0 Å². The van der Waals surface area contributed by atoms with Crippen LogP contribution < -0.4 is 9.47 Å². The highest BCUT2D eigenvalue weighted by molar-refractivity contribution is 5.81. The molecule has 5 nitrogen and oxygen atoms in total. The van der Waals surface area contributed by atoms with E-state index < -0.39 is 0 Å². The van der Waals surface area contributed by atoms with Crippen molar-refractivity contribution in [1.82, 2.24) is 4.98 Å². The molecule has 2 aromatic rings. The van der Waals surface area contributed by atoms with Gasteiger partial charge in [0.1, 0.15) is 11.5 Å². The molecule has 0 bridgehead atoms. The summed E-state index contributed by atoms with van der Waals surface area (Å²) in [5.41, 5.74) is 0.966. The fourth-order valence-corrected chi connectivity index (χ4v) is 3.78. The van der Waals surface area contributed by atoms with Gasteiger partial charge in [-0.2, -0.15) is 5.26 Å². The topological polar surface area (TPSA) is 67.5 Å². The molecule has 0 radical (unpaired) electrons. The number of pyridine rings is 1. The Kier molecular flexibility index (Phi) is 7.02. The van der Waals surface area contributed by atoms with E-state index in [2.05, 4.69) is 16.9 Å². The van der Waals surface area contributed by atoms with Crippen LogP contribution in [0.25, 0.3) is 0 Å². The molecule has 1 aliphatic carbocycles. The minimum atomic E-state index is 0.0850. The minimum absolute atomic E-state index is 0.0850. The molecule has 146 valence electrons. The smallest absolute Gasteiger partial charge is 0.208 e. The second-order valence-electron chi connectivity index (χ2n) is 7.39. The first kappa shape index (κ1) is 19.9. The molecule has 3 rings (SSSR count). The van der Waals surface area contributed by atoms with Crippen LogP contribution in [0.4, 0.5) is 0 Å². The third kappa shape index (κ3) is 5.56. The van der Waals surface area contributed by atoms with E-state index in [1.165, 1.54) is 0 Å². The molecule has 0 N–H and O–H groups in total. The lowest BCUT2D eigenvalue weighted by Crippen LogP contribution is -2.26. The number of aliphatic imine (C=N–C) groups is 1. The highest BCUT2D eigenvalue weighted by Gasteiger charge is 2.28. The molecule has 0 spiro atoms. The lowest BCUT2D eigenvalue weighted by Gasteiger charge is -2.23. The van der Waals surface area contributed by atoms with Gasteiger partial charge in [-0.05, 0) is 63.1 Å². The summed E-state index contributed by atoms with van der Waals surface area (Å²) >= 11 is 0. The Balaban J connectivity index is 1.61. The summed E-state index contributed by atoms with van der Waals surface area (Å²) < 4.78 is 12.1. The number of rotatable bonds is 5. The third-order valence-electron chi connectivity index (χ3n) is 5.35. The maximum atomic E-state index is 9.10. The minimum Gasteiger partial charge on any atom is -0.490 e. The Morgan fingerprint density at radius 1 is 1.14 bits per heavy atom. The van der Waals surface area contributed by atoms with Gasteiger partial charge in [0.05, 0.1) is 6.10 Å². The molecule has 0 aliphatic heterocycles. The SMILES string of the molecule is Cc1cc(OC2CCCC(C(C)C(=NC#N)Oc3ccccc3)CC2)ccn1. The number of hydrogen-bond acceptors (Lipinski definition) is 5. The van der Waals surface area contributed by atoms with Crippen LogP contribution in [0, 0.1) is 30.2 Å². The van der Waals surface area contributed by atoms with Crippen LogP contribution in [0.5, 0.6) is 11.5 Å². The maximum absolute atomic E-state index is 9.10. The predicted octanol–water partition coefficient (Wildman–Crippen LogP) is 5.31. The van der Waals surface area contributed by atoms with Gasteiger partial charge in [0.2, 0.25) is 12.1 Å². The molecular weight excluding hydrogens is 350 g/mol.